The maximum Gasteiger partial charge on any atom is 0.408 e. The molecule has 0 radical (unpaired) electrons. The first kappa shape index (κ1) is 34.2. The third-order valence-electron chi connectivity index (χ3n) is 7.39. The molecule has 5 heterocycles. The van der Waals surface area contributed by atoms with Gasteiger partial charge < -0.3 is 15.2 Å². The first-order valence-electron chi connectivity index (χ1n) is 16.2. The normalized spacial score (nSPS) is 11.3. The summed E-state index contributed by atoms with van der Waals surface area (Å²) in [6.07, 6.45) is 6.29. The molecule has 1 atom stereocenters. The molecule has 0 spiro atoms. The summed E-state index contributed by atoms with van der Waals surface area (Å²) >= 11 is 0. The van der Waals surface area contributed by atoms with Gasteiger partial charge in [-0.2, -0.15) is 0 Å². The second kappa shape index (κ2) is 15.7. The van der Waals surface area contributed by atoms with Crippen molar-refractivity contribution in [1.29, 1.82) is 0 Å². The van der Waals surface area contributed by atoms with Crippen LogP contribution in [0.4, 0.5) is 4.79 Å². The molecule has 1 amide bonds. The minimum absolute atomic E-state index is 0.295. The number of rotatable bonds is 6. The summed E-state index contributed by atoms with van der Waals surface area (Å²) in [7, 11) is 0. The third-order valence-corrected chi connectivity index (χ3v) is 7.39. The lowest BCUT2D eigenvalue weighted by atomic mass is 10.0. The third kappa shape index (κ3) is 9.48. The molecule has 6 rings (SSSR count). The molecule has 1 aromatic carbocycles. The van der Waals surface area contributed by atoms with Crippen molar-refractivity contribution in [3.63, 3.8) is 0 Å². The number of alkyl carbamates (subject to hydrolysis) is 1. The number of ether oxygens (including phenoxy) is 1. The number of carbonyl (C=O) groups excluding carboxylic acids is 1. The van der Waals surface area contributed by atoms with Gasteiger partial charge in [0.05, 0.1) is 35.4 Å². The lowest BCUT2D eigenvalue weighted by Gasteiger charge is -2.22. The van der Waals surface area contributed by atoms with Gasteiger partial charge >= 0.3 is 6.09 Å². The molecular formula is C42H34N6O3. The van der Waals surface area contributed by atoms with Crippen molar-refractivity contribution < 1.29 is 14.6 Å². The summed E-state index contributed by atoms with van der Waals surface area (Å²) in [5.41, 5.74) is 7.76. The minimum Gasteiger partial charge on any atom is -0.444 e. The fourth-order valence-electron chi connectivity index (χ4n) is 4.91. The Morgan fingerprint density at radius 1 is 0.686 bits per heavy atom. The van der Waals surface area contributed by atoms with E-state index in [1.165, 1.54) is 0 Å². The van der Waals surface area contributed by atoms with Crippen LogP contribution in [0, 0.1) is 23.7 Å². The van der Waals surface area contributed by atoms with E-state index in [1.807, 2.05) is 91.1 Å². The van der Waals surface area contributed by atoms with Crippen molar-refractivity contribution >= 4 is 6.09 Å². The number of pyridine rings is 5. The lowest BCUT2D eigenvalue weighted by Crippen LogP contribution is -2.36. The zero-order valence-corrected chi connectivity index (χ0v) is 28.3. The Bertz CT molecular complexity index is 2170. The molecule has 0 aliphatic rings. The molecule has 2 N–H and O–H groups in total. The van der Waals surface area contributed by atoms with E-state index in [1.54, 1.807) is 51.5 Å². The topological polar surface area (TPSA) is 123 Å². The molecule has 1 unspecified atom stereocenters. The van der Waals surface area contributed by atoms with Crippen LogP contribution in [-0.2, 0) is 4.74 Å². The SMILES string of the molecule is CC(C)(C)OC(=O)NC(CO)c1ccc(C#Cc2ccc(C#Cc3ccc(-c4cc(-c5ccccn5)nc(-c5ccccn5)c4)cn3)cc2)nc1. The molecule has 51 heavy (non-hydrogen) atoms. The molecule has 0 saturated carbocycles. The van der Waals surface area contributed by atoms with Gasteiger partial charge in [-0.1, -0.05) is 36.1 Å². The van der Waals surface area contributed by atoms with Crippen molar-refractivity contribution in [1.82, 2.24) is 30.2 Å². The standard InChI is InChI=1S/C42H34N6O3/c1-42(2,3)51-41(50)48-40(28-49)32-17-21-35(46-27-32)19-15-30-12-10-29(11-13-30)14-18-34-20-16-31(26-45-34)33-24-38(36-8-4-6-22-43-36)47-39(25-33)37-9-5-7-23-44-37/h4-13,16-17,20-27,40,49H,28H2,1-3H3,(H,48,50). The molecule has 0 saturated heterocycles. The predicted molar refractivity (Wildman–Crippen MR) is 196 cm³/mol. The van der Waals surface area contributed by atoms with Crippen LogP contribution in [0.25, 0.3) is 33.9 Å². The quantitative estimate of drug-likeness (QED) is 0.181. The van der Waals surface area contributed by atoms with Gasteiger partial charge in [-0.15, -0.1) is 0 Å². The van der Waals surface area contributed by atoms with E-state index in [-0.39, 0.29) is 6.61 Å². The molecule has 0 aliphatic carbocycles. The van der Waals surface area contributed by atoms with Crippen molar-refractivity contribution in [2.24, 2.45) is 0 Å². The van der Waals surface area contributed by atoms with Gasteiger partial charge in [-0.05, 0) is 117 Å². The summed E-state index contributed by atoms with van der Waals surface area (Å²) in [5.74, 6) is 12.5. The summed E-state index contributed by atoms with van der Waals surface area (Å²) < 4.78 is 5.28. The minimum atomic E-state index is -0.644. The molecule has 0 bridgehead atoms. The fraction of sp³-hybridized carbons (Fsp3) is 0.143. The van der Waals surface area contributed by atoms with Crippen LogP contribution in [0.5, 0.6) is 0 Å². The molecule has 0 aliphatic heterocycles. The van der Waals surface area contributed by atoms with E-state index < -0.39 is 17.7 Å². The number of carbonyl (C=O) groups is 1. The zero-order valence-electron chi connectivity index (χ0n) is 28.3. The molecule has 0 fully saturated rings. The second-order valence-corrected chi connectivity index (χ2v) is 12.4. The van der Waals surface area contributed by atoms with Crippen molar-refractivity contribution in [2.75, 3.05) is 6.61 Å². The molecule has 5 aromatic heterocycles. The highest BCUT2D eigenvalue weighted by molar-refractivity contribution is 5.74. The number of nitrogens with zero attached hydrogens (tertiary/aromatic N) is 5. The number of hydrogen-bond donors (Lipinski definition) is 2. The van der Waals surface area contributed by atoms with Crippen LogP contribution in [0.3, 0.4) is 0 Å². The van der Waals surface area contributed by atoms with Crippen LogP contribution < -0.4 is 5.32 Å². The van der Waals surface area contributed by atoms with Crippen LogP contribution in [-0.4, -0.2) is 48.3 Å². The maximum absolute atomic E-state index is 12.1. The molecule has 9 nitrogen and oxygen atoms in total. The van der Waals surface area contributed by atoms with Gasteiger partial charge in [-0.3, -0.25) is 9.97 Å². The Hall–Kier alpha value is -6.68. The van der Waals surface area contributed by atoms with E-state index in [2.05, 4.69) is 48.9 Å². The summed E-state index contributed by atoms with van der Waals surface area (Å²) in [6, 6.07) is 29.9. The molecule has 9 heteroatoms. The largest absolute Gasteiger partial charge is 0.444 e. The Morgan fingerprint density at radius 2 is 1.25 bits per heavy atom. The Balaban J connectivity index is 1.12. The number of benzene rings is 1. The van der Waals surface area contributed by atoms with E-state index in [9.17, 15) is 9.90 Å². The first-order valence-corrected chi connectivity index (χ1v) is 16.2. The van der Waals surface area contributed by atoms with Crippen molar-refractivity contribution in [3.05, 3.63) is 150 Å². The summed E-state index contributed by atoms with van der Waals surface area (Å²) in [5, 5.41) is 12.4. The van der Waals surface area contributed by atoms with E-state index in [0.717, 1.165) is 45.0 Å². The molecular weight excluding hydrogens is 637 g/mol. The van der Waals surface area contributed by atoms with Gasteiger partial charge in [0.15, 0.2) is 0 Å². The maximum atomic E-state index is 12.1. The predicted octanol–water partition coefficient (Wildman–Crippen LogP) is 7.02. The van der Waals surface area contributed by atoms with Gasteiger partial charge in [0.2, 0.25) is 0 Å². The van der Waals surface area contributed by atoms with Crippen LogP contribution in [0.1, 0.15) is 54.9 Å². The highest BCUT2D eigenvalue weighted by Crippen LogP contribution is 2.28. The molecule has 6 aromatic rings. The number of aliphatic hydroxyl groups is 1. The van der Waals surface area contributed by atoms with Gasteiger partial charge in [0, 0.05) is 41.5 Å². The van der Waals surface area contributed by atoms with Gasteiger partial charge in [0.1, 0.15) is 17.0 Å². The van der Waals surface area contributed by atoms with Gasteiger partial charge in [-0.25, -0.2) is 19.7 Å². The zero-order chi connectivity index (χ0) is 35.6. The fourth-order valence-corrected chi connectivity index (χ4v) is 4.91. The summed E-state index contributed by atoms with van der Waals surface area (Å²) in [6.45, 7) is 5.03. The Morgan fingerprint density at radius 3 is 1.71 bits per heavy atom. The Labute approximate surface area is 296 Å². The average molecular weight is 671 g/mol. The van der Waals surface area contributed by atoms with Gasteiger partial charge in [0.25, 0.3) is 0 Å². The van der Waals surface area contributed by atoms with Crippen molar-refractivity contribution in [2.45, 2.75) is 32.4 Å². The van der Waals surface area contributed by atoms with E-state index in [4.69, 9.17) is 9.72 Å². The van der Waals surface area contributed by atoms with E-state index >= 15 is 0 Å². The number of amides is 1. The number of nitrogens with one attached hydrogen (secondary N) is 1. The molecule has 250 valence electrons. The smallest absolute Gasteiger partial charge is 0.408 e. The van der Waals surface area contributed by atoms with Crippen molar-refractivity contribution in [3.8, 4) is 57.6 Å². The number of aliphatic hydroxyl groups excluding tert-OH is 1. The number of hydrogen-bond acceptors (Lipinski definition) is 8. The summed E-state index contributed by atoms with van der Waals surface area (Å²) in [4.78, 5) is 34.9. The Kier molecular flexibility index (Phi) is 10.5. The van der Waals surface area contributed by atoms with Crippen LogP contribution in [0.2, 0.25) is 0 Å². The average Bonchev–Trinajstić information content (AvgIpc) is 3.16. The lowest BCUT2D eigenvalue weighted by molar-refractivity contribution is 0.0481. The first-order chi connectivity index (χ1) is 24.7. The highest BCUT2D eigenvalue weighted by atomic mass is 16.6. The monoisotopic (exact) mass is 670 g/mol. The highest BCUT2D eigenvalue weighted by Gasteiger charge is 2.20. The number of aromatic nitrogens is 5. The second-order valence-electron chi connectivity index (χ2n) is 12.4. The van der Waals surface area contributed by atoms with Crippen LogP contribution in [0.15, 0.2) is 122 Å². The van der Waals surface area contributed by atoms with E-state index in [0.29, 0.717) is 17.0 Å². The van der Waals surface area contributed by atoms with Crippen LogP contribution >= 0.6 is 0 Å².